The number of hydrogen-bond donors (Lipinski definition) is 2. The van der Waals surface area contributed by atoms with Gasteiger partial charge in [-0.1, -0.05) is 26.7 Å². The van der Waals surface area contributed by atoms with Gasteiger partial charge in [-0.2, -0.15) is 0 Å². The Balaban J connectivity index is 1.75. The van der Waals surface area contributed by atoms with E-state index in [0.717, 1.165) is 6.42 Å². The summed E-state index contributed by atoms with van der Waals surface area (Å²) in [5.74, 6) is 1.37. The van der Waals surface area contributed by atoms with E-state index in [4.69, 9.17) is 4.74 Å². The van der Waals surface area contributed by atoms with Crippen LogP contribution in [0.3, 0.4) is 0 Å². The van der Waals surface area contributed by atoms with Crippen LogP contribution in [-0.4, -0.2) is 29.0 Å². The first-order valence-corrected chi connectivity index (χ1v) is 9.52. The molecule has 3 nitrogen and oxygen atoms in total. The molecule has 4 bridgehead atoms. The third-order valence-corrected chi connectivity index (χ3v) is 9.69. The molecule has 1 spiro atoms. The zero-order chi connectivity index (χ0) is 16.3. The number of aliphatic hydroxyl groups excluding tert-OH is 1. The molecule has 5 aliphatic rings. The highest BCUT2D eigenvalue weighted by atomic mass is 16.5. The summed E-state index contributed by atoms with van der Waals surface area (Å²) in [6.45, 7) is 4.79. The molecule has 0 aromatic rings. The lowest BCUT2D eigenvalue weighted by Gasteiger charge is -2.56. The number of rotatable bonds is 1. The quantitative estimate of drug-likeness (QED) is 0.773. The van der Waals surface area contributed by atoms with E-state index in [1.807, 2.05) is 0 Å². The smallest absolute Gasteiger partial charge is 0.110 e. The van der Waals surface area contributed by atoms with E-state index in [2.05, 4.69) is 13.8 Å². The topological polar surface area (TPSA) is 49.7 Å². The summed E-state index contributed by atoms with van der Waals surface area (Å²) in [5.41, 5.74) is -0.597. The van der Waals surface area contributed by atoms with E-state index in [-0.39, 0.29) is 22.9 Å². The molecule has 0 aliphatic heterocycles. The molecular formula is C20H30O3. The molecule has 0 aromatic carbocycles. The van der Waals surface area contributed by atoms with Gasteiger partial charge in [-0.15, -0.1) is 0 Å². The van der Waals surface area contributed by atoms with Gasteiger partial charge in [-0.05, 0) is 60.8 Å². The van der Waals surface area contributed by atoms with Crippen molar-refractivity contribution in [3.05, 3.63) is 11.8 Å². The van der Waals surface area contributed by atoms with Crippen molar-refractivity contribution in [1.29, 1.82) is 0 Å². The van der Waals surface area contributed by atoms with Crippen LogP contribution < -0.4 is 0 Å². The molecule has 0 amide bonds. The fourth-order valence-electron chi connectivity index (χ4n) is 8.80. The van der Waals surface area contributed by atoms with Crippen molar-refractivity contribution in [3.63, 3.8) is 0 Å². The SMILES string of the molecule is COC1C=C(O)C2C3C4CCC5(CCCC5)C3(C)C(C)(C4)C12O. The summed E-state index contributed by atoms with van der Waals surface area (Å²) in [5, 5.41) is 22.7. The molecule has 4 saturated carbocycles. The third-order valence-electron chi connectivity index (χ3n) is 9.69. The maximum absolute atomic E-state index is 11.9. The summed E-state index contributed by atoms with van der Waals surface area (Å²) in [6.07, 6.45) is 10.4. The molecule has 4 fully saturated rings. The maximum Gasteiger partial charge on any atom is 0.110 e. The predicted molar refractivity (Wildman–Crippen MR) is 87.9 cm³/mol. The minimum atomic E-state index is -0.929. The van der Waals surface area contributed by atoms with Crippen molar-refractivity contribution >= 4 is 0 Å². The van der Waals surface area contributed by atoms with Gasteiger partial charge in [0.15, 0.2) is 0 Å². The second kappa shape index (κ2) is 3.99. The number of hydrogen-bond acceptors (Lipinski definition) is 3. The molecule has 3 heteroatoms. The van der Waals surface area contributed by atoms with Gasteiger partial charge in [0.2, 0.25) is 0 Å². The lowest BCUT2D eigenvalue weighted by molar-refractivity contribution is -0.181. The summed E-state index contributed by atoms with van der Waals surface area (Å²) >= 11 is 0. The second-order valence-electron chi connectivity index (χ2n) is 9.60. The average molecular weight is 318 g/mol. The van der Waals surface area contributed by atoms with Gasteiger partial charge in [-0.3, -0.25) is 0 Å². The van der Waals surface area contributed by atoms with E-state index in [9.17, 15) is 10.2 Å². The highest BCUT2D eigenvalue weighted by Crippen LogP contribution is 2.85. The Hall–Kier alpha value is -0.540. The van der Waals surface area contributed by atoms with E-state index >= 15 is 0 Å². The fourth-order valence-corrected chi connectivity index (χ4v) is 8.80. The van der Waals surface area contributed by atoms with E-state index < -0.39 is 5.60 Å². The van der Waals surface area contributed by atoms with Gasteiger partial charge in [-0.25, -0.2) is 0 Å². The predicted octanol–water partition coefficient (Wildman–Crippen LogP) is 3.82. The normalized spacial score (nSPS) is 58.7. The van der Waals surface area contributed by atoms with Gasteiger partial charge in [0, 0.05) is 12.5 Å². The average Bonchev–Trinajstić information content (AvgIpc) is 3.16. The van der Waals surface area contributed by atoms with Crippen LogP contribution in [0.4, 0.5) is 0 Å². The van der Waals surface area contributed by atoms with Crippen molar-refractivity contribution in [1.82, 2.24) is 0 Å². The van der Waals surface area contributed by atoms with Crippen LogP contribution in [0.15, 0.2) is 11.8 Å². The largest absolute Gasteiger partial charge is 0.512 e. The monoisotopic (exact) mass is 318 g/mol. The van der Waals surface area contributed by atoms with Crippen LogP contribution >= 0.6 is 0 Å². The van der Waals surface area contributed by atoms with Crippen molar-refractivity contribution in [3.8, 4) is 0 Å². The lowest BCUT2D eigenvalue weighted by atomic mass is 9.48. The Morgan fingerprint density at radius 3 is 2.52 bits per heavy atom. The molecule has 23 heavy (non-hydrogen) atoms. The fraction of sp³-hybridized carbons (Fsp3) is 0.900. The molecular weight excluding hydrogens is 288 g/mol. The third kappa shape index (κ3) is 1.20. The van der Waals surface area contributed by atoms with Crippen molar-refractivity contribution in [2.24, 2.45) is 34.0 Å². The Morgan fingerprint density at radius 2 is 1.87 bits per heavy atom. The molecule has 7 unspecified atom stereocenters. The standard InChI is InChI=1S/C20H30O3/c1-17-11-12-6-9-19(7-4-5-8-19)18(17,2)15(12)16-13(21)10-14(23-3)20(16,17)22/h10,12,14-16,21-22H,4-9,11H2,1-3H3. The highest BCUT2D eigenvalue weighted by molar-refractivity contribution is 5.40. The highest BCUT2D eigenvalue weighted by Gasteiger charge is 2.85. The molecule has 2 N–H and O–H groups in total. The molecule has 0 aromatic heterocycles. The molecule has 0 radical (unpaired) electrons. The molecule has 7 atom stereocenters. The number of ether oxygens (including phenoxy) is 1. The van der Waals surface area contributed by atoms with E-state index in [0.29, 0.717) is 23.0 Å². The van der Waals surface area contributed by atoms with Crippen LogP contribution in [0, 0.1) is 34.0 Å². The summed E-state index contributed by atoms with van der Waals surface area (Å²) in [7, 11) is 1.67. The first kappa shape index (κ1) is 14.8. The number of fused-ring (bicyclic) bond motifs is 2. The Morgan fingerprint density at radius 1 is 1.17 bits per heavy atom. The molecule has 128 valence electrons. The van der Waals surface area contributed by atoms with E-state index in [1.54, 1.807) is 13.2 Å². The van der Waals surface area contributed by atoms with Crippen LogP contribution in [-0.2, 0) is 4.74 Å². The zero-order valence-electron chi connectivity index (χ0n) is 14.6. The van der Waals surface area contributed by atoms with Crippen LogP contribution in [0.25, 0.3) is 0 Å². The minimum Gasteiger partial charge on any atom is -0.512 e. The molecule has 0 heterocycles. The first-order valence-electron chi connectivity index (χ1n) is 9.52. The first-order chi connectivity index (χ1) is 10.9. The summed E-state index contributed by atoms with van der Waals surface area (Å²) < 4.78 is 5.67. The van der Waals surface area contributed by atoms with Gasteiger partial charge in [0.1, 0.15) is 11.7 Å². The second-order valence-corrected chi connectivity index (χ2v) is 9.60. The zero-order valence-corrected chi connectivity index (χ0v) is 14.6. The summed E-state index contributed by atoms with van der Waals surface area (Å²) in [4.78, 5) is 0. The van der Waals surface area contributed by atoms with E-state index in [1.165, 1.54) is 38.5 Å². The van der Waals surface area contributed by atoms with Crippen LogP contribution in [0.5, 0.6) is 0 Å². The van der Waals surface area contributed by atoms with Crippen molar-refractivity contribution < 1.29 is 14.9 Å². The van der Waals surface area contributed by atoms with Crippen LogP contribution in [0.1, 0.15) is 58.8 Å². The minimum absolute atomic E-state index is 0.112. The Labute approximate surface area is 139 Å². The van der Waals surface area contributed by atoms with Crippen LogP contribution in [0.2, 0.25) is 0 Å². The Bertz CT molecular complexity index is 592. The maximum atomic E-state index is 11.9. The lowest BCUT2D eigenvalue weighted by Crippen LogP contribution is -2.59. The summed E-state index contributed by atoms with van der Waals surface area (Å²) in [6, 6.07) is 0. The van der Waals surface area contributed by atoms with Gasteiger partial charge < -0.3 is 14.9 Å². The Kier molecular flexibility index (Phi) is 2.56. The van der Waals surface area contributed by atoms with Gasteiger partial charge in [0.05, 0.1) is 11.7 Å². The van der Waals surface area contributed by atoms with Gasteiger partial charge in [0.25, 0.3) is 0 Å². The van der Waals surface area contributed by atoms with Crippen molar-refractivity contribution in [2.75, 3.05) is 7.11 Å². The number of methoxy groups -OCH3 is 1. The number of aliphatic hydroxyl groups is 2. The molecule has 5 aliphatic carbocycles. The molecule has 0 saturated heterocycles. The van der Waals surface area contributed by atoms with Gasteiger partial charge >= 0.3 is 0 Å². The molecule has 5 rings (SSSR count). The van der Waals surface area contributed by atoms with Crippen molar-refractivity contribution in [2.45, 2.75) is 70.5 Å².